The summed E-state index contributed by atoms with van der Waals surface area (Å²) in [5.74, 6) is 0. The van der Waals surface area contributed by atoms with Gasteiger partial charge in [-0.25, -0.2) is 0 Å². The third kappa shape index (κ3) is 2.37. The van der Waals surface area contributed by atoms with E-state index >= 15 is 0 Å². The molecule has 2 aromatic rings. The Bertz CT molecular complexity index is 580. The van der Waals surface area contributed by atoms with Gasteiger partial charge in [0, 0.05) is 6.42 Å². The molecule has 3 rings (SSSR count). The maximum atomic E-state index is 6.50. The first-order valence-corrected chi connectivity index (χ1v) is 6.37. The zero-order valence-electron chi connectivity index (χ0n) is 10.6. The number of oxime groups is 1. The summed E-state index contributed by atoms with van der Waals surface area (Å²) >= 11 is 0. The van der Waals surface area contributed by atoms with E-state index in [4.69, 9.17) is 10.6 Å². The summed E-state index contributed by atoms with van der Waals surface area (Å²) in [5.41, 5.74) is 9.04. The molecule has 1 atom stereocenters. The van der Waals surface area contributed by atoms with Crippen LogP contribution in [0.1, 0.15) is 17.5 Å². The second-order valence-corrected chi connectivity index (χ2v) is 4.88. The molecule has 0 radical (unpaired) electrons. The van der Waals surface area contributed by atoms with Crippen molar-refractivity contribution in [2.24, 2.45) is 10.9 Å². The third-order valence-electron chi connectivity index (χ3n) is 3.44. The molecule has 3 heteroatoms. The lowest BCUT2D eigenvalue weighted by Gasteiger charge is -2.32. The number of nitrogens with zero attached hydrogens (tertiary/aromatic N) is 1. The molecule has 19 heavy (non-hydrogen) atoms. The fourth-order valence-electron chi connectivity index (χ4n) is 2.35. The molecule has 0 aromatic heterocycles. The Morgan fingerprint density at radius 2 is 1.58 bits per heavy atom. The molecule has 0 fully saturated rings. The first-order chi connectivity index (χ1) is 9.28. The molecule has 2 aromatic carbocycles. The number of hydrogen-bond acceptors (Lipinski definition) is 3. The molecule has 0 spiro atoms. The Kier molecular flexibility index (Phi) is 3.05. The van der Waals surface area contributed by atoms with Gasteiger partial charge in [-0.3, -0.25) is 0 Å². The van der Waals surface area contributed by atoms with Crippen molar-refractivity contribution in [2.45, 2.75) is 12.0 Å². The standard InChI is InChI=1S/C16H16N2O/c17-16(14-9-5-2-6-10-14)11-15(18-19-12-16)13-7-3-1-4-8-13/h1-10H,11-12,17H2/t16-/m0/s1. The molecular formula is C16H16N2O. The molecule has 0 amide bonds. The van der Waals surface area contributed by atoms with Gasteiger partial charge in [0.1, 0.15) is 6.61 Å². The fourth-order valence-corrected chi connectivity index (χ4v) is 2.35. The first-order valence-electron chi connectivity index (χ1n) is 6.37. The minimum absolute atomic E-state index is 0.410. The molecule has 1 aliphatic heterocycles. The SMILES string of the molecule is N[C@]1(c2ccccc2)CON=C(c2ccccc2)C1. The van der Waals surface area contributed by atoms with Gasteiger partial charge in [-0.2, -0.15) is 0 Å². The van der Waals surface area contributed by atoms with E-state index in [1.165, 1.54) is 0 Å². The zero-order chi connectivity index (χ0) is 13.1. The molecule has 0 saturated heterocycles. The van der Waals surface area contributed by atoms with Crippen LogP contribution in [-0.2, 0) is 10.4 Å². The quantitative estimate of drug-likeness (QED) is 0.893. The Morgan fingerprint density at radius 3 is 2.26 bits per heavy atom. The summed E-state index contributed by atoms with van der Waals surface area (Å²) < 4.78 is 0. The van der Waals surface area contributed by atoms with Crippen LogP contribution in [0.5, 0.6) is 0 Å². The van der Waals surface area contributed by atoms with Crippen LogP contribution in [0, 0.1) is 0 Å². The molecule has 3 nitrogen and oxygen atoms in total. The summed E-state index contributed by atoms with van der Waals surface area (Å²) in [4.78, 5) is 5.37. The smallest absolute Gasteiger partial charge is 0.139 e. The van der Waals surface area contributed by atoms with E-state index in [9.17, 15) is 0 Å². The highest BCUT2D eigenvalue weighted by Crippen LogP contribution is 2.28. The first kappa shape index (κ1) is 11.9. The maximum absolute atomic E-state index is 6.50. The van der Waals surface area contributed by atoms with Crippen molar-refractivity contribution in [3.63, 3.8) is 0 Å². The molecule has 0 bridgehead atoms. The Hall–Kier alpha value is -2.13. The van der Waals surface area contributed by atoms with E-state index in [2.05, 4.69) is 5.16 Å². The average Bonchev–Trinajstić information content (AvgIpc) is 2.49. The summed E-state index contributed by atoms with van der Waals surface area (Å²) in [5, 5.41) is 4.16. The second-order valence-electron chi connectivity index (χ2n) is 4.88. The second kappa shape index (κ2) is 4.86. The molecule has 1 aliphatic rings. The number of rotatable bonds is 2. The summed E-state index contributed by atoms with van der Waals surface area (Å²) in [6.07, 6.45) is 0.682. The van der Waals surface area contributed by atoms with Gasteiger partial charge < -0.3 is 10.6 Å². The Balaban J connectivity index is 1.91. The predicted octanol–water partition coefficient (Wildman–Crippen LogP) is 2.67. The lowest BCUT2D eigenvalue weighted by atomic mass is 9.84. The number of nitrogens with two attached hydrogens (primary N) is 1. The minimum Gasteiger partial charge on any atom is -0.393 e. The lowest BCUT2D eigenvalue weighted by molar-refractivity contribution is 0.0775. The monoisotopic (exact) mass is 252 g/mol. The van der Waals surface area contributed by atoms with E-state index in [1.54, 1.807) is 0 Å². The van der Waals surface area contributed by atoms with Crippen LogP contribution in [0.3, 0.4) is 0 Å². The van der Waals surface area contributed by atoms with Crippen molar-refractivity contribution in [3.8, 4) is 0 Å². The third-order valence-corrected chi connectivity index (χ3v) is 3.44. The van der Waals surface area contributed by atoms with Crippen molar-refractivity contribution >= 4 is 5.71 Å². The van der Waals surface area contributed by atoms with Gasteiger partial charge in [-0.15, -0.1) is 0 Å². The molecule has 0 unspecified atom stereocenters. The van der Waals surface area contributed by atoms with Crippen LogP contribution in [0.4, 0.5) is 0 Å². The summed E-state index contributed by atoms with van der Waals surface area (Å²) in [6.45, 7) is 0.410. The van der Waals surface area contributed by atoms with Crippen LogP contribution in [-0.4, -0.2) is 12.3 Å². The van der Waals surface area contributed by atoms with Gasteiger partial charge >= 0.3 is 0 Å². The normalized spacial score (nSPS) is 22.5. The predicted molar refractivity (Wildman–Crippen MR) is 75.9 cm³/mol. The van der Waals surface area contributed by atoms with Crippen LogP contribution < -0.4 is 5.73 Å². The molecule has 96 valence electrons. The van der Waals surface area contributed by atoms with E-state index in [0.29, 0.717) is 13.0 Å². The molecule has 1 heterocycles. The van der Waals surface area contributed by atoms with E-state index in [1.807, 2.05) is 60.7 Å². The van der Waals surface area contributed by atoms with Crippen LogP contribution >= 0.6 is 0 Å². The van der Waals surface area contributed by atoms with Crippen LogP contribution in [0.25, 0.3) is 0 Å². The highest BCUT2D eigenvalue weighted by Gasteiger charge is 2.33. The summed E-state index contributed by atoms with van der Waals surface area (Å²) in [7, 11) is 0. The number of benzene rings is 2. The maximum Gasteiger partial charge on any atom is 0.139 e. The largest absolute Gasteiger partial charge is 0.393 e. The topological polar surface area (TPSA) is 47.6 Å². The molecular weight excluding hydrogens is 236 g/mol. The average molecular weight is 252 g/mol. The van der Waals surface area contributed by atoms with E-state index in [-0.39, 0.29) is 0 Å². The van der Waals surface area contributed by atoms with Crippen molar-refractivity contribution in [2.75, 3.05) is 6.61 Å². The van der Waals surface area contributed by atoms with Gasteiger partial charge in [0.25, 0.3) is 0 Å². The number of hydrogen-bond donors (Lipinski definition) is 1. The minimum atomic E-state index is -0.506. The molecule has 0 aliphatic carbocycles. The van der Waals surface area contributed by atoms with Gasteiger partial charge in [0.2, 0.25) is 0 Å². The van der Waals surface area contributed by atoms with Crippen molar-refractivity contribution in [1.82, 2.24) is 0 Å². The van der Waals surface area contributed by atoms with Crippen LogP contribution in [0.2, 0.25) is 0 Å². The highest BCUT2D eigenvalue weighted by molar-refractivity contribution is 6.01. The van der Waals surface area contributed by atoms with Crippen LogP contribution in [0.15, 0.2) is 65.8 Å². The summed E-state index contributed by atoms with van der Waals surface area (Å²) in [6, 6.07) is 20.1. The zero-order valence-corrected chi connectivity index (χ0v) is 10.6. The molecule has 2 N–H and O–H groups in total. The highest BCUT2D eigenvalue weighted by atomic mass is 16.6. The Labute approximate surface area is 112 Å². The van der Waals surface area contributed by atoms with Gasteiger partial charge in [-0.05, 0) is 11.1 Å². The van der Waals surface area contributed by atoms with E-state index in [0.717, 1.165) is 16.8 Å². The van der Waals surface area contributed by atoms with Crippen molar-refractivity contribution in [3.05, 3.63) is 71.8 Å². The van der Waals surface area contributed by atoms with Crippen molar-refractivity contribution in [1.29, 1.82) is 0 Å². The fraction of sp³-hybridized carbons (Fsp3) is 0.188. The van der Waals surface area contributed by atoms with Crippen molar-refractivity contribution < 1.29 is 4.84 Å². The van der Waals surface area contributed by atoms with Gasteiger partial charge in [0.15, 0.2) is 0 Å². The van der Waals surface area contributed by atoms with Gasteiger partial charge in [-0.1, -0.05) is 65.8 Å². The molecule has 0 saturated carbocycles. The Morgan fingerprint density at radius 1 is 0.947 bits per heavy atom. The lowest BCUT2D eigenvalue weighted by Crippen LogP contribution is -2.45. The van der Waals surface area contributed by atoms with E-state index < -0.39 is 5.54 Å². The van der Waals surface area contributed by atoms with Gasteiger partial charge in [0.05, 0.1) is 11.3 Å².